The van der Waals surface area contributed by atoms with Crippen molar-refractivity contribution in [2.75, 3.05) is 11.4 Å². The molecule has 0 unspecified atom stereocenters. The molecule has 26 heavy (non-hydrogen) atoms. The van der Waals surface area contributed by atoms with E-state index in [1.165, 1.54) is 11.3 Å². The van der Waals surface area contributed by atoms with Gasteiger partial charge in [0.2, 0.25) is 0 Å². The molecule has 0 spiro atoms. The van der Waals surface area contributed by atoms with Gasteiger partial charge in [-0.15, -0.1) is 0 Å². The van der Waals surface area contributed by atoms with Gasteiger partial charge in [0.05, 0.1) is 17.4 Å². The molecule has 0 fully saturated rings. The third-order valence-electron chi connectivity index (χ3n) is 4.58. The van der Waals surface area contributed by atoms with Crippen LogP contribution in [-0.4, -0.2) is 22.4 Å². The first-order chi connectivity index (χ1) is 12.8. The lowest BCUT2D eigenvalue weighted by atomic mass is 10.0. The zero-order valence-corrected chi connectivity index (χ0v) is 14.4. The summed E-state index contributed by atoms with van der Waals surface area (Å²) in [5.41, 5.74) is 5.02. The summed E-state index contributed by atoms with van der Waals surface area (Å²) in [6, 6.07) is 14.1. The number of carbonyl (C=O) groups excluding carboxylic acids is 1. The molecule has 0 bridgehead atoms. The molecule has 0 saturated carbocycles. The normalized spacial score (nSPS) is 13.2. The Labute approximate surface area is 152 Å². The van der Waals surface area contributed by atoms with Crippen LogP contribution in [-0.2, 0) is 13.0 Å². The van der Waals surface area contributed by atoms with Crippen LogP contribution in [0.2, 0.25) is 0 Å². The van der Waals surface area contributed by atoms with Gasteiger partial charge in [-0.1, -0.05) is 24.3 Å². The highest BCUT2D eigenvalue weighted by atomic mass is 16.1. The Balaban J connectivity index is 1.53. The first-order valence-electron chi connectivity index (χ1n) is 8.79. The van der Waals surface area contributed by atoms with Crippen molar-refractivity contribution in [3.63, 3.8) is 0 Å². The van der Waals surface area contributed by atoms with Crippen molar-refractivity contribution < 1.29 is 4.79 Å². The summed E-state index contributed by atoms with van der Waals surface area (Å²) in [5, 5.41) is 2.93. The highest BCUT2D eigenvalue weighted by Gasteiger charge is 2.19. The molecule has 0 atom stereocenters. The van der Waals surface area contributed by atoms with Crippen LogP contribution in [0.5, 0.6) is 0 Å². The molecule has 1 N–H and O–H groups in total. The van der Waals surface area contributed by atoms with Crippen molar-refractivity contribution in [2.45, 2.75) is 19.4 Å². The van der Waals surface area contributed by atoms with E-state index in [-0.39, 0.29) is 5.91 Å². The number of amides is 1. The van der Waals surface area contributed by atoms with Crippen molar-refractivity contribution in [1.82, 2.24) is 15.3 Å². The van der Waals surface area contributed by atoms with Crippen LogP contribution in [0.3, 0.4) is 0 Å². The third kappa shape index (κ3) is 3.42. The molecular formula is C21H20N4O. The first-order valence-corrected chi connectivity index (χ1v) is 8.79. The minimum Gasteiger partial charge on any atom is -0.348 e. The Morgan fingerprint density at radius 2 is 2.00 bits per heavy atom. The number of fused-ring (bicyclic) bond motifs is 1. The number of carbonyl (C=O) groups is 1. The van der Waals surface area contributed by atoms with Crippen LogP contribution in [0.25, 0.3) is 0 Å². The van der Waals surface area contributed by atoms with Gasteiger partial charge in [-0.3, -0.25) is 14.8 Å². The fraction of sp³-hybridized carbons (Fsp3) is 0.190. The van der Waals surface area contributed by atoms with Crippen LogP contribution in [0.4, 0.5) is 11.4 Å². The Hall–Kier alpha value is -3.21. The van der Waals surface area contributed by atoms with Crippen molar-refractivity contribution >= 4 is 17.3 Å². The maximum atomic E-state index is 12.5. The second-order valence-corrected chi connectivity index (χ2v) is 6.36. The number of rotatable bonds is 4. The summed E-state index contributed by atoms with van der Waals surface area (Å²) in [7, 11) is 0. The van der Waals surface area contributed by atoms with E-state index in [0.29, 0.717) is 12.1 Å². The predicted octanol–water partition coefficient (Wildman–Crippen LogP) is 3.49. The Kier molecular flexibility index (Phi) is 4.60. The minimum absolute atomic E-state index is 0.131. The van der Waals surface area contributed by atoms with Gasteiger partial charge in [-0.25, -0.2) is 0 Å². The monoisotopic (exact) mass is 344 g/mol. The van der Waals surface area contributed by atoms with E-state index in [4.69, 9.17) is 0 Å². The number of aromatic nitrogens is 2. The Morgan fingerprint density at radius 1 is 1.08 bits per heavy atom. The maximum Gasteiger partial charge on any atom is 0.253 e. The topological polar surface area (TPSA) is 58.1 Å². The average Bonchev–Trinajstić information content (AvgIpc) is 2.72. The number of nitrogens with zero attached hydrogens (tertiary/aromatic N) is 3. The minimum atomic E-state index is -0.131. The Morgan fingerprint density at radius 3 is 2.88 bits per heavy atom. The van der Waals surface area contributed by atoms with Gasteiger partial charge >= 0.3 is 0 Å². The maximum absolute atomic E-state index is 12.5. The molecule has 3 heterocycles. The first kappa shape index (κ1) is 16.3. The molecule has 0 saturated heterocycles. The van der Waals surface area contributed by atoms with Crippen LogP contribution >= 0.6 is 0 Å². The number of benzene rings is 1. The molecule has 0 radical (unpaired) electrons. The molecule has 0 aliphatic carbocycles. The van der Waals surface area contributed by atoms with E-state index in [1.54, 1.807) is 18.6 Å². The molecule has 5 nitrogen and oxygen atoms in total. The molecule has 1 aliphatic heterocycles. The number of para-hydroxylation sites is 1. The standard InChI is InChI=1S/C21H20N4O/c26-21(24-13-16-5-3-9-22-12-16)18-11-19(15-23-14-18)25-10-4-7-17-6-1-2-8-20(17)25/h1-3,5-6,8-9,11-12,14-15H,4,7,10,13H2,(H,24,26). The summed E-state index contributed by atoms with van der Waals surface area (Å²) >= 11 is 0. The van der Waals surface area contributed by atoms with Gasteiger partial charge in [-0.2, -0.15) is 0 Å². The molecule has 5 heteroatoms. The molecule has 2 aromatic heterocycles. The van der Waals surface area contributed by atoms with Crippen molar-refractivity contribution in [1.29, 1.82) is 0 Å². The predicted molar refractivity (Wildman–Crippen MR) is 101 cm³/mol. The summed E-state index contributed by atoms with van der Waals surface area (Å²) in [6.07, 6.45) is 9.08. The van der Waals surface area contributed by atoms with Crippen molar-refractivity contribution in [3.05, 3.63) is 83.9 Å². The van der Waals surface area contributed by atoms with E-state index in [0.717, 1.165) is 30.6 Å². The van der Waals surface area contributed by atoms with Gasteiger partial charge < -0.3 is 10.2 Å². The van der Waals surface area contributed by atoms with Crippen LogP contribution in [0, 0.1) is 0 Å². The number of pyridine rings is 2. The number of aryl methyl sites for hydroxylation is 1. The summed E-state index contributed by atoms with van der Waals surface area (Å²) in [5.74, 6) is -0.131. The fourth-order valence-electron chi connectivity index (χ4n) is 3.29. The number of hydrogen-bond donors (Lipinski definition) is 1. The lowest BCUT2D eigenvalue weighted by Gasteiger charge is -2.31. The molecule has 1 aromatic carbocycles. The van der Waals surface area contributed by atoms with Gasteiger partial charge in [0.25, 0.3) is 5.91 Å². The van der Waals surface area contributed by atoms with Crippen LogP contribution in [0.1, 0.15) is 27.9 Å². The zero-order chi connectivity index (χ0) is 17.8. The zero-order valence-electron chi connectivity index (χ0n) is 14.4. The van der Waals surface area contributed by atoms with Crippen molar-refractivity contribution in [3.8, 4) is 0 Å². The molecular weight excluding hydrogens is 324 g/mol. The molecule has 130 valence electrons. The highest BCUT2D eigenvalue weighted by Crippen LogP contribution is 2.33. The van der Waals surface area contributed by atoms with E-state index < -0.39 is 0 Å². The quantitative estimate of drug-likeness (QED) is 0.787. The van der Waals surface area contributed by atoms with E-state index in [9.17, 15) is 4.79 Å². The van der Waals surface area contributed by atoms with Gasteiger partial charge in [0.1, 0.15) is 0 Å². The lowest BCUT2D eigenvalue weighted by Crippen LogP contribution is -2.26. The summed E-state index contributed by atoms with van der Waals surface area (Å²) in [6.45, 7) is 1.38. The molecule has 4 rings (SSSR count). The van der Waals surface area contributed by atoms with E-state index in [1.807, 2.05) is 24.4 Å². The molecule has 3 aromatic rings. The second kappa shape index (κ2) is 7.35. The number of hydrogen-bond acceptors (Lipinski definition) is 4. The SMILES string of the molecule is O=C(NCc1cccnc1)c1cncc(N2CCCc3ccccc32)c1. The van der Waals surface area contributed by atoms with Crippen LogP contribution in [0.15, 0.2) is 67.3 Å². The number of nitrogens with one attached hydrogen (secondary N) is 1. The van der Waals surface area contributed by atoms with Gasteiger partial charge in [0, 0.05) is 37.4 Å². The van der Waals surface area contributed by atoms with Crippen molar-refractivity contribution in [2.24, 2.45) is 0 Å². The second-order valence-electron chi connectivity index (χ2n) is 6.36. The van der Waals surface area contributed by atoms with Crippen LogP contribution < -0.4 is 10.2 Å². The van der Waals surface area contributed by atoms with Gasteiger partial charge in [0.15, 0.2) is 0 Å². The van der Waals surface area contributed by atoms with E-state index >= 15 is 0 Å². The van der Waals surface area contributed by atoms with Gasteiger partial charge in [-0.05, 0) is 42.2 Å². The summed E-state index contributed by atoms with van der Waals surface area (Å²) < 4.78 is 0. The number of anilines is 2. The average molecular weight is 344 g/mol. The van der Waals surface area contributed by atoms with E-state index in [2.05, 4.69) is 44.5 Å². The largest absolute Gasteiger partial charge is 0.348 e. The molecule has 1 aliphatic rings. The smallest absolute Gasteiger partial charge is 0.253 e. The third-order valence-corrected chi connectivity index (χ3v) is 4.58. The fourth-order valence-corrected chi connectivity index (χ4v) is 3.29. The highest BCUT2D eigenvalue weighted by molar-refractivity contribution is 5.95. The Bertz CT molecular complexity index is 911. The molecule has 1 amide bonds. The lowest BCUT2D eigenvalue weighted by molar-refractivity contribution is 0.0950. The summed E-state index contributed by atoms with van der Waals surface area (Å²) in [4.78, 5) is 23.1.